The molecule has 20 heavy (non-hydrogen) atoms. The van der Waals surface area contributed by atoms with Gasteiger partial charge in [-0.3, -0.25) is 0 Å². The summed E-state index contributed by atoms with van der Waals surface area (Å²) >= 11 is 0. The quantitative estimate of drug-likeness (QED) is 0.781. The van der Waals surface area contributed by atoms with Gasteiger partial charge in [-0.25, -0.2) is 0 Å². The first-order valence-electron chi connectivity index (χ1n) is 7.47. The molecule has 0 radical (unpaired) electrons. The fraction of sp³-hybridized carbons (Fsp3) is 0.263. The van der Waals surface area contributed by atoms with E-state index in [9.17, 15) is 0 Å². The molecule has 3 rings (SSSR count). The average molecular weight is 263 g/mol. The van der Waals surface area contributed by atoms with E-state index >= 15 is 0 Å². The number of hydrogen-bond donors (Lipinski definition) is 1. The Kier molecular flexibility index (Phi) is 4.17. The molecule has 0 bridgehead atoms. The van der Waals surface area contributed by atoms with E-state index in [0.717, 1.165) is 6.42 Å². The van der Waals surface area contributed by atoms with Crippen LogP contribution >= 0.6 is 0 Å². The molecule has 0 aromatic heterocycles. The van der Waals surface area contributed by atoms with Gasteiger partial charge in [-0.1, -0.05) is 60.7 Å². The standard InChI is InChI=1S/C19H21N/c1-3-9-16(10-4-1)15-17-11-7-8-14-19(17)20-18-12-5-2-6-13-18/h1,3-5,7-12,14,18,20H,2,6,13,15H2. The van der Waals surface area contributed by atoms with Gasteiger partial charge >= 0.3 is 0 Å². The summed E-state index contributed by atoms with van der Waals surface area (Å²) < 4.78 is 0. The molecule has 0 aliphatic heterocycles. The van der Waals surface area contributed by atoms with Gasteiger partial charge in [0.1, 0.15) is 0 Å². The topological polar surface area (TPSA) is 12.0 Å². The minimum absolute atomic E-state index is 0.487. The van der Waals surface area contributed by atoms with Crippen LogP contribution in [0.15, 0.2) is 66.7 Å². The molecule has 1 nitrogen and oxygen atoms in total. The third-order valence-electron chi connectivity index (χ3n) is 3.85. The van der Waals surface area contributed by atoms with E-state index in [1.165, 1.54) is 36.1 Å². The number of rotatable bonds is 4. The SMILES string of the molecule is C1=CC(Nc2ccccc2Cc2ccccc2)CCC1. The van der Waals surface area contributed by atoms with Gasteiger partial charge in [0, 0.05) is 11.7 Å². The lowest BCUT2D eigenvalue weighted by Crippen LogP contribution is -2.19. The van der Waals surface area contributed by atoms with Crippen LogP contribution in [0.5, 0.6) is 0 Å². The van der Waals surface area contributed by atoms with Crippen molar-refractivity contribution in [1.29, 1.82) is 0 Å². The summed E-state index contributed by atoms with van der Waals surface area (Å²) in [7, 11) is 0. The zero-order chi connectivity index (χ0) is 13.6. The highest BCUT2D eigenvalue weighted by Gasteiger charge is 2.10. The van der Waals surface area contributed by atoms with Crippen molar-refractivity contribution in [2.45, 2.75) is 31.7 Å². The first kappa shape index (κ1) is 13.0. The Morgan fingerprint density at radius 2 is 1.75 bits per heavy atom. The van der Waals surface area contributed by atoms with Gasteiger partial charge < -0.3 is 5.32 Å². The number of anilines is 1. The summed E-state index contributed by atoms with van der Waals surface area (Å²) in [6.07, 6.45) is 9.33. The molecule has 1 aliphatic rings. The second kappa shape index (κ2) is 6.42. The smallest absolute Gasteiger partial charge is 0.0444 e. The van der Waals surface area contributed by atoms with Crippen LogP contribution in [0.2, 0.25) is 0 Å². The van der Waals surface area contributed by atoms with Crippen LogP contribution < -0.4 is 5.32 Å². The highest BCUT2D eigenvalue weighted by molar-refractivity contribution is 5.54. The van der Waals surface area contributed by atoms with Crippen LogP contribution in [0.4, 0.5) is 5.69 Å². The second-order valence-corrected chi connectivity index (χ2v) is 5.43. The molecule has 102 valence electrons. The second-order valence-electron chi connectivity index (χ2n) is 5.43. The monoisotopic (exact) mass is 263 g/mol. The molecule has 1 aliphatic carbocycles. The first-order chi connectivity index (χ1) is 9.92. The van der Waals surface area contributed by atoms with Gasteiger partial charge in [-0.2, -0.15) is 0 Å². The third-order valence-corrected chi connectivity index (χ3v) is 3.85. The van der Waals surface area contributed by atoms with Crippen molar-refractivity contribution < 1.29 is 0 Å². The van der Waals surface area contributed by atoms with E-state index in [-0.39, 0.29) is 0 Å². The van der Waals surface area contributed by atoms with Crippen molar-refractivity contribution in [3.8, 4) is 0 Å². The third kappa shape index (κ3) is 3.30. The summed E-state index contributed by atoms with van der Waals surface area (Å²) in [5.74, 6) is 0. The molecule has 0 heterocycles. The Morgan fingerprint density at radius 1 is 0.950 bits per heavy atom. The lowest BCUT2D eigenvalue weighted by atomic mass is 10.00. The van der Waals surface area contributed by atoms with Crippen molar-refractivity contribution in [1.82, 2.24) is 0 Å². The van der Waals surface area contributed by atoms with Crippen molar-refractivity contribution >= 4 is 5.69 Å². The first-order valence-corrected chi connectivity index (χ1v) is 7.47. The van der Waals surface area contributed by atoms with Crippen LogP contribution in [0, 0.1) is 0 Å². The fourth-order valence-corrected chi connectivity index (χ4v) is 2.76. The van der Waals surface area contributed by atoms with Crippen LogP contribution in [0.25, 0.3) is 0 Å². The molecule has 0 amide bonds. The van der Waals surface area contributed by atoms with E-state index in [1.54, 1.807) is 0 Å². The number of benzene rings is 2. The Bertz CT molecular complexity index is 571. The molecule has 1 unspecified atom stereocenters. The van der Waals surface area contributed by atoms with E-state index < -0.39 is 0 Å². The number of allylic oxidation sites excluding steroid dienone is 1. The maximum absolute atomic E-state index is 3.68. The van der Waals surface area contributed by atoms with Crippen LogP contribution in [-0.4, -0.2) is 6.04 Å². The molecular formula is C19H21N. The fourth-order valence-electron chi connectivity index (χ4n) is 2.76. The van der Waals surface area contributed by atoms with Crippen molar-refractivity contribution in [2.75, 3.05) is 5.32 Å². The molecule has 1 heteroatoms. The largest absolute Gasteiger partial charge is 0.379 e. The Hall–Kier alpha value is -2.02. The van der Waals surface area contributed by atoms with Gasteiger partial charge in [-0.05, 0) is 42.9 Å². The molecule has 2 aromatic rings. The van der Waals surface area contributed by atoms with Gasteiger partial charge in [0.05, 0.1) is 0 Å². The van der Waals surface area contributed by atoms with Crippen molar-refractivity contribution in [3.63, 3.8) is 0 Å². The highest BCUT2D eigenvalue weighted by atomic mass is 14.9. The lowest BCUT2D eigenvalue weighted by molar-refractivity contribution is 0.673. The number of para-hydroxylation sites is 1. The Labute approximate surface area is 121 Å². The van der Waals surface area contributed by atoms with E-state index in [2.05, 4.69) is 72.1 Å². The number of nitrogens with one attached hydrogen (secondary N) is 1. The molecule has 2 aromatic carbocycles. The van der Waals surface area contributed by atoms with Gasteiger partial charge in [0.15, 0.2) is 0 Å². The minimum Gasteiger partial charge on any atom is -0.379 e. The van der Waals surface area contributed by atoms with E-state index in [4.69, 9.17) is 0 Å². The average Bonchev–Trinajstić information content (AvgIpc) is 2.51. The van der Waals surface area contributed by atoms with E-state index in [1.807, 2.05) is 0 Å². The molecular weight excluding hydrogens is 242 g/mol. The summed E-state index contributed by atoms with van der Waals surface area (Å²) in [6, 6.07) is 19.8. The molecule has 1 atom stereocenters. The zero-order valence-electron chi connectivity index (χ0n) is 11.8. The molecule has 0 saturated heterocycles. The van der Waals surface area contributed by atoms with Gasteiger partial charge in [0.2, 0.25) is 0 Å². The van der Waals surface area contributed by atoms with Gasteiger partial charge in [-0.15, -0.1) is 0 Å². The minimum atomic E-state index is 0.487. The molecule has 1 N–H and O–H groups in total. The van der Waals surface area contributed by atoms with Crippen LogP contribution in [0.1, 0.15) is 30.4 Å². The van der Waals surface area contributed by atoms with Gasteiger partial charge in [0.25, 0.3) is 0 Å². The molecule has 0 saturated carbocycles. The molecule has 0 fully saturated rings. The maximum atomic E-state index is 3.68. The number of hydrogen-bond acceptors (Lipinski definition) is 1. The normalized spacial score (nSPS) is 17.9. The predicted molar refractivity (Wildman–Crippen MR) is 86.1 cm³/mol. The zero-order valence-corrected chi connectivity index (χ0v) is 11.8. The Morgan fingerprint density at radius 3 is 2.55 bits per heavy atom. The summed E-state index contributed by atoms with van der Waals surface area (Å²) in [5, 5.41) is 3.68. The highest BCUT2D eigenvalue weighted by Crippen LogP contribution is 2.22. The Balaban J connectivity index is 1.77. The van der Waals surface area contributed by atoms with E-state index in [0.29, 0.717) is 6.04 Å². The maximum Gasteiger partial charge on any atom is 0.0444 e. The van der Waals surface area contributed by atoms with Crippen LogP contribution in [-0.2, 0) is 6.42 Å². The lowest BCUT2D eigenvalue weighted by Gasteiger charge is -2.21. The van der Waals surface area contributed by atoms with Crippen LogP contribution in [0.3, 0.4) is 0 Å². The summed E-state index contributed by atoms with van der Waals surface area (Å²) in [5.41, 5.74) is 4.01. The molecule has 0 spiro atoms. The van der Waals surface area contributed by atoms with Crippen molar-refractivity contribution in [2.24, 2.45) is 0 Å². The predicted octanol–water partition coefficient (Wildman–Crippen LogP) is 4.80. The van der Waals surface area contributed by atoms with Crippen molar-refractivity contribution in [3.05, 3.63) is 77.9 Å². The summed E-state index contributed by atoms with van der Waals surface area (Å²) in [4.78, 5) is 0. The summed E-state index contributed by atoms with van der Waals surface area (Å²) in [6.45, 7) is 0.